The van der Waals surface area contributed by atoms with Crippen molar-refractivity contribution in [2.45, 2.75) is 52.5 Å². The van der Waals surface area contributed by atoms with E-state index in [4.69, 9.17) is 5.73 Å². The summed E-state index contributed by atoms with van der Waals surface area (Å²) in [5.74, 6) is 0. The van der Waals surface area contributed by atoms with Gasteiger partial charge in [-0.05, 0) is 37.5 Å². The van der Waals surface area contributed by atoms with Crippen molar-refractivity contribution in [1.29, 1.82) is 0 Å². The highest BCUT2D eigenvalue weighted by molar-refractivity contribution is 5.48. The second-order valence-corrected chi connectivity index (χ2v) is 5.07. The smallest absolute Gasteiger partial charge is 0.0366 e. The Kier molecular flexibility index (Phi) is 6.81. The quantitative estimate of drug-likeness (QED) is 0.750. The summed E-state index contributed by atoms with van der Waals surface area (Å²) in [6.45, 7) is 8.84. The molecule has 2 N–H and O–H groups in total. The Balaban J connectivity index is 2.70. The topological polar surface area (TPSA) is 29.3 Å². The molecule has 1 aromatic rings. The van der Waals surface area contributed by atoms with E-state index in [9.17, 15) is 0 Å². The lowest BCUT2D eigenvalue weighted by Gasteiger charge is -2.25. The molecule has 1 rings (SSSR count). The molecule has 0 bridgehead atoms. The molecule has 2 nitrogen and oxygen atoms in total. The molecule has 102 valence electrons. The van der Waals surface area contributed by atoms with Crippen molar-refractivity contribution < 1.29 is 0 Å². The molecule has 2 heteroatoms. The summed E-state index contributed by atoms with van der Waals surface area (Å²) in [7, 11) is 0. The van der Waals surface area contributed by atoms with Crippen molar-refractivity contribution in [3.05, 3.63) is 29.8 Å². The first-order valence-electron chi connectivity index (χ1n) is 7.29. The Morgan fingerprint density at radius 3 is 1.89 bits per heavy atom. The third kappa shape index (κ3) is 4.69. The number of benzene rings is 1. The van der Waals surface area contributed by atoms with Crippen molar-refractivity contribution in [3.63, 3.8) is 0 Å². The van der Waals surface area contributed by atoms with E-state index in [0.717, 1.165) is 13.1 Å². The zero-order valence-electron chi connectivity index (χ0n) is 12.2. The lowest BCUT2D eigenvalue weighted by molar-refractivity contribution is 0.677. The maximum atomic E-state index is 5.89. The van der Waals surface area contributed by atoms with E-state index < -0.39 is 0 Å². The minimum Gasteiger partial charge on any atom is -0.372 e. The van der Waals surface area contributed by atoms with Gasteiger partial charge in [0.25, 0.3) is 0 Å². The van der Waals surface area contributed by atoms with Gasteiger partial charge in [0.05, 0.1) is 0 Å². The summed E-state index contributed by atoms with van der Waals surface area (Å²) < 4.78 is 0. The van der Waals surface area contributed by atoms with Gasteiger partial charge in [-0.15, -0.1) is 0 Å². The number of hydrogen-bond donors (Lipinski definition) is 1. The largest absolute Gasteiger partial charge is 0.372 e. The Labute approximate surface area is 112 Å². The minimum absolute atomic E-state index is 0.124. The first-order chi connectivity index (χ1) is 8.69. The van der Waals surface area contributed by atoms with Crippen LogP contribution in [0.5, 0.6) is 0 Å². The van der Waals surface area contributed by atoms with Gasteiger partial charge in [-0.25, -0.2) is 0 Å². The van der Waals surface area contributed by atoms with Gasteiger partial charge in [0.15, 0.2) is 0 Å². The SMILES string of the molecule is CCCCN(CCCC)c1ccc([C@H](C)N)cc1. The second-order valence-electron chi connectivity index (χ2n) is 5.07. The van der Waals surface area contributed by atoms with Crippen molar-refractivity contribution >= 4 is 5.69 Å². The van der Waals surface area contributed by atoms with Crippen LogP contribution in [0, 0.1) is 0 Å². The molecule has 0 aliphatic carbocycles. The van der Waals surface area contributed by atoms with Crippen LogP contribution in [-0.4, -0.2) is 13.1 Å². The van der Waals surface area contributed by atoms with Gasteiger partial charge in [0.2, 0.25) is 0 Å². The molecule has 0 aliphatic rings. The van der Waals surface area contributed by atoms with Crippen LogP contribution >= 0.6 is 0 Å². The summed E-state index contributed by atoms with van der Waals surface area (Å²) in [6.07, 6.45) is 5.03. The highest BCUT2D eigenvalue weighted by Crippen LogP contribution is 2.19. The Morgan fingerprint density at radius 1 is 1.00 bits per heavy atom. The van der Waals surface area contributed by atoms with E-state index in [1.165, 1.54) is 36.9 Å². The van der Waals surface area contributed by atoms with E-state index in [1.807, 2.05) is 6.92 Å². The van der Waals surface area contributed by atoms with Crippen LogP contribution in [0.1, 0.15) is 58.1 Å². The summed E-state index contributed by atoms with van der Waals surface area (Å²) >= 11 is 0. The van der Waals surface area contributed by atoms with Crippen molar-refractivity contribution in [2.24, 2.45) is 5.73 Å². The Bertz CT molecular complexity index is 308. The maximum Gasteiger partial charge on any atom is 0.0366 e. The predicted octanol–water partition coefficient (Wildman–Crippen LogP) is 4.11. The van der Waals surface area contributed by atoms with Gasteiger partial charge in [-0.3, -0.25) is 0 Å². The van der Waals surface area contributed by atoms with E-state index >= 15 is 0 Å². The van der Waals surface area contributed by atoms with E-state index in [-0.39, 0.29) is 6.04 Å². The molecule has 0 amide bonds. The summed E-state index contributed by atoms with van der Waals surface area (Å²) in [6, 6.07) is 8.86. The lowest BCUT2D eigenvalue weighted by atomic mass is 10.1. The molecular formula is C16H28N2. The van der Waals surface area contributed by atoms with Crippen molar-refractivity contribution in [2.75, 3.05) is 18.0 Å². The lowest BCUT2D eigenvalue weighted by Crippen LogP contribution is -2.25. The van der Waals surface area contributed by atoms with Crippen molar-refractivity contribution in [1.82, 2.24) is 0 Å². The average molecular weight is 248 g/mol. The molecule has 0 spiro atoms. The second kappa shape index (κ2) is 8.15. The third-order valence-electron chi connectivity index (χ3n) is 3.35. The van der Waals surface area contributed by atoms with Crippen LogP contribution in [0.2, 0.25) is 0 Å². The molecule has 1 aromatic carbocycles. The van der Waals surface area contributed by atoms with Crippen LogP contribution in [-0.2, 0) is 0 Å². The summed E-state index contributed by atoms with van der Waals surface area (Å²) in [5.41, 5.74) is 8.43. The van der Waals surface area contributed by atoms with E-state index in [2.05, 4.69) is 43.0 Å². The number of nitrogens with zero attached hydrogens (tertiary/aromatic N) is 1. The van der Waals surface area contributed by atoms with Gasteiger partial charge in [-0.2, -0.15) is 0 Å². The average Bonchev–Trinajstić information content (AvgIpc) is 2.39. The molecule has 0 saturated carbocycles. The molecular weight excluding hydrogens is 220 g/mol. The van der Waals surface area contributed by atoms with E-state index in [1.54, 1.807) is 0 Å². The van der Waals surface area contributed by atoms with Gasteiger partial charge in [0, 0.05) is 24.8 Å². The highest BCUT2D eigenvalue weighted by atomic mass is 15.1. The molecule has 0 heterocycles. The normalized spacial score (nSPS) is 12.4. The van der Waals surface area contributed by atoms with Crippen LogP contribution in [0.4, 0.5) is 5.69 Å². The van der Waals surface area contributed by atoms with E-state index in [0.29, 0.717) is 0 Å². The molecule has 0 aliphatic heterocycles. The number of nitrogens with two attached hydrogens (primary N) is 1. The number of hydrogen-bond acceptors (Lipinski definition) is 2. The number of unbranched alkanes of at least 4 members (excludes halogenated alkanes) is 2. The highest BCUT2D eigenvalue weighted by Gasteiger charge is 2.06. The summed E-state index contributed by atoms with van der Waals surface area (Å²) in [5, 5.41) is 0. The fraction of sp³-hybridized carbons (Fsp3) is 0.625. The summed E-state index contributed by atoms with van der Waals surface area (Å²) in [4.78, 5) is 2.50. The maximum absolute atomic E-state index is 5.89. The first kappa shape index (κ1) is 15.0. The third-order valence-corrected chi connectivity index (χ3v) is 3.35. The van der Waals surface area contributed by atoms with Crippen LogP contribution in [0.3, 0.4) is 0 Å². The molecule has 0 aromatic heterocycles. The van der Waals surface area contributed by atoms with Crippen LogP contribution < -0.4 is 10.6 Å². The van der Waals surface area contributed by atoms with Gasteiger partial charge in [-0.1, -0.05) is 38.8 Å². The first-order valence-corrected chi connectivity index (χ1v) is 7.29. The molecule has 0 unspecified atom stereocenters. The molecule has 1 atom stereocenters. The van der Waals surface area contributed by atoms with Crippen LogP contribution in [0.15, 0.2) is 24.3 Å². The number of rotatable bonds is 8. The predicted molar refractivity (Wildman–Crippen MR) is 81.1 cm³/mol. The van der Waals surface area contributed by atoms with Crippen LogP contribution in [0.25, 0.3) is 0 Å². The van der Waals surface area contributed by atoms with Gasteiger partial charge >= 0.3 is 0 Å². The standard InChI is InChI=1S/C16H28N2/c1-4-6-12-18(13-7-5-2)16-10-8-15(9-11-16)14(3)17/h8-11,14H,4-7,12-13,17H2,1-3H3/t14-/m0/s1. The van der Waals surface area contributed by atoms with Gasteiger partial charge in [0.1, 0.15) is 0 Å². The van der Waals surface area contributed by atoms with Crippen molar-refractivity contribution in [3.8, 4) is 0 Å². The fourth-order valence-corrected chi connectivity index (χ4v) is 2.06. The molecule has 0 saturated heterocycles. The monoisotopic (exact) mass is 248 g/mol. The Hall–Kier alpha value is -1.02. The minimum atomic E-state index is 0.124. The number of anilines is 1. The zero-order valence-corrected chi connectivity index (χ0v) is 12.2. The molecule has 0 fully saturated rings. The molecule has 18 heavy (non-hydrogen) atoms. The fourth-order valence-electron chi connectivity index (χ4n) is 2.06. The van der Waals surface area contributed by atoms with Gasteiger partial charge < -0.3 is 10.6 Å². The Morgan fingerprint density at radius 2 is 1.50 bits per heavy atom. The molecule has 0 radical (unpaired) electrons. The zero-order chi connectivity index (χ0) is 13.4.